The summed E-state index contributed by atoms with van der Waals surface area (Å²) in [7, 11) is 0. The van der Waals surface area contributed by atoms with Gasteiger partial charge in [0.05, 0.1) is 12.5 Å². The predicted octanol–water partition coefficient (Wildman–Crippen LogP) is 1.19. The lowest BCUT2D eigenvalue weighted by atomic mass is 10.1. The minimum atomic E-state index is -0.529. The van der Waals surface area contributed by atoms with E-state index in [4.69, 9.17) is 4.74 Å². The topological polar surface area (TPSA) is 87.7 Å². The molecule has 0 aromatic carbocycles. The summed E-state index contributed by atoms with van der Waals surface area (Å²) in [5.74, 6) is 1.43. The monoisotopic (exact) mass is 345 g/mol. The number of carbonyl (C=O) groups excluding carboxylic acids is 3. The second-order valence-corrected chi connectivity index (χ2v) is 6.75. The first kappa shape index (κ1) is 19.6. The number of hydrogen-bond donors (Lipinski definition) is 2. The molecule has 3 amide bonds. The minimum absolute atomic E-state index is 0.0950. The molecule has 2 N–H and O–H groups in total. The highest BCUT2D eigenvalue weighted by Crippen LogP contribution is 2.21. The second kappa shape index (κ2) is 10.4. The zero-order valence-electron chi connectivity index (χ0n) is 14.1. The van der Waals surface area contributed by atoms with Gasteiger partial charge in [-0.1, -0.05) is 13.8 Å². The van der Waals surface area contributed by atoms with Gasteiger partial charge >= 0.3 is 6.09 Å². The molecular weight excluding hydrogens is 318 g/mol. The summed E-state index contributed by atoms with van der Waals surface area (Å²) in [6, 6.07) is -0.415. The largest absolute Gasteiger partial charge is 0.450 e. The van der Waals surface area contributed by atoms with Crippen LogP contribution in [0.25, 0.3) is 0 Å². The maximum atomic E-state index is 12.2. The van der Waals surface area contributed by atoms with E-state index in [2.05, 4.69) is 24.5 Å². The molecular formula is C15H27N3O4S. The first-order valence-corrected chi connectivity index (χ1v) is 9.16. The highest BCUT2D eigenvalue weighted by atomic mass is 32.2. The molecule has 1 fully saturated rings. The number of ether oxygens (including phenoxy) is 1. The number of nitrogens with one attached hydrogen (secondary N) is 2. The molecule has 23 heavy (non-hydrogen) atoms. The van der Waals surface area contributed by atoms with Crippen molar-refractivity contribution >= 4 is 29.7 Å². The van der Waals surface area contributed by atoms with E-state index in [1.54, 1.807) is 23.6 Å². The summed E-state index contributed by atoms with van der Waals surface area (Å²) < 4.78 is 4.73. The van der Waals surface area contributed by atoms with Crippen LogP contribution in [-0.4, -0.2) is 60.2 Å². The Labute approximate surface area is 141 Å². The maximum absolute atomic E-state index is 12.2. The summed E-state index contributed by atoms with van der Waals surface area (Å²) in [6.45, 7) is 7.05. The van der Waals surface area contributed by atoms with Gasteiger partial charge in [-0.2, -0.15) is 0 Å². The number of nitrogens with zero attached hydrogens (tertiary/aromatic N) is 1. The second-order valence-electron chi connectivity index (χ2n) is 5.75. The minimum Gasteiger partial charge on any atom is -0.450 e. The fourth-order valence-corrected chi connectivity index (χ4v) is 3.29. The van der Waals surface area contributed by atoms with Gasteiger partial charge in [0.25, 0.3) is 0 Å². The van der Waals surface area contributed by atoms with E-state index in [0.29, 0.717) is 30.7 Å². The number of rotatable bonds is 8. The molecule has 0 bridgehead atoms. The van der Waals surface area contributed by atoms with Crippen LogP contribution in [0.1, 0.15) is 33.6 Å². The van der Waals surface area contributed by atoms with Crippen LogP contribution in [0.3, 0.4) is 0 Å². The average Bonchev–Trinajstić information content (AvgIpc) is 2.96. The lowest BCUT2D eigenvalue weighted by Crippen LogP contribution is -2.48. The molecule has 0 radical (unpaired) electrons. The van der Waals surface area contributed by atoms with Crippen molar-refractivity contribution in [1.82, 2.24) is 15.5 Å². The van der Waals surface area contributed by atoms with Crippen LogP contribution in [-0.2, 0) is 14.3 Å². The third-order valence-corrected chi connectivity index (χ3v) is 4.42. The van der Waals surface area contributed by atoms with Crippen LogP contribution in [0.5, 0.6) is 0 Å². The van der Waals surface area contributed by atoms with Crippen molar-refractivity contribution in [3.63, 3.8) is 0 Å². The average molecular weight is 345 g/mol. The van der Waals surface area contributed by atoms with Crippen molar-refractivity contribution in [2.24, 2.45) is 5.92 Å². The van der Waals surface area contributed by atoms with E-state index in [1.165, 1.54) is 0 Å². The molecule has 1 aliphatic heterocycles. The standard InChI is InChI=1S/C15H27N3O4S/c1-4-22-15(21)17-8-6-13(19)18-10-23-9-12(18)14(20)16-7-5-11(2)3/h11-12H,4-10H2,1-3H3,(H,16,20)(H,17,21)/t12-/m0/s1. The maximum Gasteiger partial charge on any atom is 0.407 e. The molecule has 7 nitrogen and oxygen atoms in total. The van der Waals surface area contributed by atoms with Crippen molar-refractivity contribution in [2.45, 2.75) is 39.7 Å². The smallest absolute Gasteiger partial charge is 0.407 e. The molecule has 0 spiro atoms. The van der Waals surface area contributed by atoms with E-state index in [9.17, 15) is 14.4 Å². The fraction of sp³-hybridized carbons (Fsp3) is 0.800. The number of thioether (sulfide) groups is 1. The molecule has 1 saturated heterocycles. The van der Waals surface area contributed by atoms with Gasteiger partial charge in [-0.05, 0) is 19.3 Å². The van der Waals surface area contributed by atoms with Gasteiger partial charge in [0, 0.05) is 25.3 Å². The van der Waals surface area contributed by atoms with Gasteiger partial charge in [0.2, 0.25) is 11.8 Å². The van der Waals surface area contributed by atoms with Gasteiger partial charge in [-0.3, -0.25) is 9.59 Å². The summed E-state index contributed by atoms with van der Waals surface area (Å²) in [5.41, 5.74) is 0. The van der Waals surface area contributed by atoms with E-state index < -0.39 is 12.1 Å². The predicted molar refractivity (Wildman–Crippen MR) is 90.1 cm³/mol. The number of carbonyl (C=O) groups is 3. The normalized spacial score (nSPS) is 17.2. The van der Waals surface area contributed by atoms with Crippen molar-refractivity contribution in [1.29, 1.82) is 0 Å². The first-order chi connectivity index (χ1) is 11.0. The third-order valence-electron chi connectivity index (χ3n) is 3.41. The molecule has 0 aliphatic carbocycles. The SMILES string of the molecule is CCOC(=O)NCCC(=O)N1CSC[C@H]1C(=O)NCCC(C)C. The van der Waals surface area contributed by atoms with Crippen LogP contribution >= 0.6 is 11.8 Å². The van der Waals surface area contributed by atoms with Crippen LogP contribution in [0.15, 0.2) is 0 Å². The molecule has 0 unspecified atom stereocenters. The molecule has 0 saturated carbocycles. The molecule has 1 heterocycles. The van der Waals surface area contributed by atoms with Crippen molar-refractivity contribution in [3.8, 4) is 0 Å². The zero-order valence-corrected chi connectivity index (χ0v) is 14.9. The lowest BCUT2D eigenvalue weighted by molar-refractivity contribution is -0.137. The Morgan fingerprint density at radius 1 is 1.26 bits per heavy atom. The summed E-state index contributed by atoms with van der Waals surface area (Å²) in [6.07, 6.45) is 0.553. The van der Waals surface area contributed by atoms with Gasteiger partial charge in [-0.25, -0.2) is 4.79 Å². The highest BCUT2D eigenvalue weighted by Gasteiger charge is 2.34. The Hall–Kier alpha value is -1.44. The van der Waals surface area contributed by atoms with E-state index >= 15 is 0 Å². The van der Waals surface area contributed by atoms with Crippen LogP contribution in [0, 0.1) is 5.92 Å². The Bertz CT molecular complexity index is 418. The molecule has 0 aromatic heterocycles. The fourth-order valence-electron chi connectivity index (χ4n) is 2.10. The Kier molecular flexibility index (Phi) is 8.83. The Morgan fingerprint density at radius 2 is 2.00 bits per heavy atom. The molecule has 8 heteroatoms. The Balaban J connectivity index is 2.37. The van der Waals surface area contributed by atoms with Crippen molar-refractivity contribution < 1.29 is 19.1 Å². The van der Waals surface area contributed by atoms with Crippen molar-refractivity contribution in [3.05, 3.63) is 0 Å². The summed E-state index contributed by atoms with van der Waals surface area (Å²) in [5, 5.41) is 5.41. The van der Waals surface area contributed by atoms with Gasteiger partial charge in [0.15, 0.2) is 0 Å². The van der Waals surface area contributed by atoms with Gasteiger partial charge in [-0.15, -0.1) is 11.8 Å². The zero-order chi connectivity index (χ0) is 17.2. The molecule has 0 aromatic rings. The highest BCUT2D eigenvalue weighted by molar-refractivity contribution is 7.99. The molecule has 1 atom stereocenters. The van der Waals surface area contributed by atoms with E-state index in [-0.39, 0.29) is 24.8 Å². The van der Waals surface area contributed by atoms with Crippen LogP contribution in [0.4, 0.5) is 4.79 Å². The van der Waals surface area contributed by atoms with E-state index in [0.717, 1.165) is 6.42 Å². The summed E-state index contributed by atoms with van der Waals surface area (Å²) in [4.78, 5) is 37.2. The lowest BCUT2D eigenvalue weighted by Gasteiger charge is -2.23. The van der Waals surface area contributed by atoms with Crippen LogP contribution in [0.2, 0.25) is 0 Å². The number of alkyl carbamates (subject to hydrolysis) is 1. The van der Waals surface area contributed by atoms with Crippen molar-refractivity contribution in [2.75, 3.05) is 31.3 Å². The van der Waals surface area contributed by atoms with Gasteiger partial charge in [0.1, 0.15) is 6.04 Å². The number of amides is 3. The Morgan fingerprint density at radius 3 is 2.65 bits per heavy atom. The quantitative estimate of drug-likeness (QED) is 0.690. The molecule has 1 aliphatic rings. The van der Waals surface area contributed by atoms with Crippen LogP contribution < -0.4 is 10.6 Å². The summed E-state index contributed by atoms with van der Waals surface area (Å²) >= 11 is 1.57. The molecule has 1 rings (SSSR count). The first-order valence-electron chi connectivity index (χ1n) is 8.01. The molecule has 132 valence electrons. The van der Waals surface area contributed by atoms with Gasteiger partial charge < -0.3 is 20.3 Å². The van der Waals surface area contributed by atoms with E-state index in [1.807, 2.05) is 0 Å². The third kappa shape index (κ3) is 7.11. The number of hydrogen-bond acceptors (Lipinski definition) is 5.